The first-order chi connectivity index (χ1) is 37.1. The van der Waals surface area contributed by atoms with Crippen molar-refractivity contribution in [2.75, 3.05) is 13.2 Å². The van der Waals surface area contributed by atoms with Crippen LogP contribution in [0.1, 0.15) is 418 Å². The largest absolute Gasteiger partial charge is 0.462 e. The molecule has 0 amide bonds. The number of unbranched alkanes of at least 4 members (excludes halogenated alkanes) is 59. The first-order valence-corrected chi connectivity index (χ1v) is 35.1. The lowest BCUT2D eigenvalue weighted by Gasteiger charge is -2.15. The Hall–Kier alpha value is -1.10. The molecule has 0 aliphatic heterocycles. The van der Waals surface area contributed by atoms with Gasteiger partial charge in [0, 0.05) is 12.8 Å². The van der Waals surface area contributed by atoms with Gasteiger partial charge in [-0.2, -0.15) is 0 Å². The minimum Gasteiger partial charge on any atom is -0.462 e. The summed E-state index contributed by atoms with van der Waals surface area (Å²) in [5, 5.41) is 9.69. The lowest BCUT2D eigenvalue weighted by Crippen LogP contribution is -2.28. The molecule has 0 radical (unpaired) electrons. The van der Waals surface area contributed by atoms with Gasteiger partial charge < -0.3 is 14.6 Å². The third kappa shape index (κ3) is 65.3. The van der Waals surface area contributed by atoms with Crippen molar-refractivity contribution in [2.45, 2.75) is 424 Å². The molecule has 0 aliphatic rings. The van der Waals surface area contributed by atoms with Crippen LogP contribution in [0.4, 0.5) is 0 Å². The van der Waals surface area contributed by atoms with Crippen LogP contribution in [0, 0.1) is 0 Å². The van der Waals surface area contributed by atoms with Crippen LogP contribution in [0.2, 0.25) is 0 Å². The van der Waals surface area contributed by atoms with Gasteiger partial charge in [0.15, 0.2) is 6.10 Å². The predicted molar refractivity (Wildman–Crippen MR) is 330 cm³/mol. The van der Waals surface area contributed by atoms with Gasteiger partial charge in [-0.05, 0) is 12.8 Å². The molecule has 5 nitrogen and oxygen atoms in total. The second-order valence-electron chi connectivity index (χ2n) is 24.3. The number of hydrogen-bond acceptors (Lipinski definition) is 5. The number of aliphatic hydroxyl groups excluding tert-OH is 1. The van der Waals surface area contributed by atoms with Crippen LogP contribution in [0.25, 0.3) is 0 Å². The minimum atomic E-state index is -0.765. The highest BCUT2D eigenvalue weighted by molar-refractivity contribution is 5.70. The molecule has 0 heterocycles. The average Bonchev–Trinajstić information content (AvgIpc) is 3.41. The molecule has 0 rings (SSSR count). The van der Waals surface area contributed by atoms with Gasteiger partial charge in [-0.3, -0.25) is 9.59 Å². The number of rotatable bonds is 67. The van der Waals surface area contributed by atoms with Gasteiger partial charge >= 0.3 is 11.9 Å². The number of carbonyl (C=O) groups excluding carboxylic acids is 2. The zero-order valence-corrected chi connectivity index (χ0v) is 51.6. The number of carbonyl (C=O) groups is 2. The van der Waals surface area contributed by atoms with Crippen molar-refractivity contribution in [3.05, 3.63) is 0 Å². The van der Waals surface area contributed by atoms with E-state index in [4.69, 9.17) is 9.47 Å². The van der Waals surface area contributed by atoms with Crippen LogP contribution in [0.3, 0.4) is 0 Å². The van der Waals surface area contributed by atoms with Gasteiger partial charge in [0.25, 0.3) is 0 Å². The Bertz CT molecular complexity index is 1060. The summed E-state index contributed by atoms with van der Waals surface area (Å²) in [6, 6.07) is 0. The normalized spacial score (nSPS) is 12.0. The molecule has 1 N–H and O–H groups in total. The Kier molecular flexibility index (Phi) is 66.2. The number of hydrogen-bond donors (Lipinski definition) is 1. The molecule has 0 aromatic rings. The second-order valence-corrected chi connectivity index (χ2v) is 24.3. The van der Waals surface area contributed by atoms with Crippen LogP contribution in [-0.4, -0.2) is 36.4 Å². The third-order valence-corrected chi connectivity index (χ3v) is 16.7. The van der Waals surface area contributed by atoms with Crippen LogP contribution in [0.5, 0.6) is 0 Å². The molecule has 0 aliphatic carbocycles. The summed E-state index contributed by atoms with van der Waals surface area (Å²) in [4.78, 5) is 24.6. The monoisotopic (exact) mass is 1060 g/mol. The minimum absolute atomic E-state index is 0.0554. The van der Waals surface area contributed by atoms with Crippen LogP contribution in [-0.2, 0) is 19.1 Å². The highest BCUT2D eigenvalue weighted by Crippen LogP contribution is 2.20. The van der Waals surface area contributed by atoms with Crippen molar-refractivity contribution in [3.8, 4) is 0 Å². The van der Waals surface area contributed by atoms with Gasteiger partial charge in [0.1, 0.15) is 6.61 Å². The number of esters is 2. The summed E-state index contributed by atoms with van der Waals surface area (Å²) in [5.41, 5.74) is 0. The van der Waals surface area contributed by atoms with E-state index in [0.717, 1.165) is 32.1 Å². The fourth-order valence-electron chi connectivity index (χ4n) is 11.4. The Balaban J connectivity index is 3.33. The predicted octanol–water partition coefficient (Wildman–Crippen LogP) is 24.0. The van der Waals surface area contributed by atoms with E-state index < -0.39 is 6.10 Å². The van der Waals surface area contributed by atoms with Crippen molar-refractivity contribution in [3.63, 3.8) is 0 Å². The van der Waals surface area contributed by atoms with E-state index in [1.54, 1.807) is 0 Å². The van der Waals surface area contributed by atoms with Crippen LogP contribution in [0.15, 0.2) is 0 Å². The third-order valence-electron chi connectivity index (χ3n) is 16.7. The molecular weight excluding hydrogens is 921 g/mol. The Morgan fingerprint density at radius 1 is 0.253 bits per heavy atom. The van der Waals surface area contributed by atoms with Gasteiger partial charge in [-0.1, -0.05) is 393 Å². The fraction of sp³-hybridized carbons (Fsp3) is 0.971. The summed E-state index contributed by atoms with van der Waals surface area (Å²) in [6.45, 7) is 4.22. The summed E-state index contributed by atoms with van der Waals surface area (Å²) in [7, 11) is 0. The fourth-order valence-corrected chi connectivity index (χ4v) is 11.4. The van der Waals surface area contributed by atoms with E-state index in [1.807, 2.05) is 0 Å². The Morgan fingerprint density at radius 2 is 0.413 bits per heavy atom. The molecule has 0 bridgehead atoms. The molecular formula is C70H138O5. The molecule has 0 aromatic carbocycles. The maximum absolute atomic E-state index is 12.4. The van der Waals surface area contributed by atoms with E-state index in [0.29, 0.717) is 12.8 Å². The molecule has 0 saturated heterocycles. The van der Waals surface area contributed by atoms with E-state index in [-0.39, 0.29) is 25.2 Å². The Morgan fingerprint density at radius 3 is 0.587 bits per heavy atom. The number of aliphatic hydroxyl groups is 1. The highest BCUT2D eigenvalue weighted by Gasteiger charge is 2.16. The van der Waals surface area contributed by atoms with Gasteiger partial charge in [0.05, 0.1) is 6.61 Å². The first kappa shape index (κ1) is 73.9. The lowest BCUT2D eigenvalue weighted by molar-refractivity contribution is -0.161. The molecule has 0 spiro atoms. The van der Waals surface area contributed by atoms with E-state index in [9.17, 15) is 14.7 Å². The van der Waals surface area contributed by atoms with Crippen molar-refractivity contribution in [1.82, 2.24) is 0 Å². The molecule has 448 valence electrons. The zero-order valence-electron chi connectivity index (χ0n) is 51.6. The van der Waals surface area contributed by atoms with E-state index in [1.165, 1.54) is 360 Å². The highest BCUT2D eigenvalue weighted by atomic mass is 16.6. The summed E-state index contributed by atoms with van der Waals surface area (Å²) >= 11 is 0. The van der Waals surface area contributed by atoms with Crippen molar-refractivity contribution < 1.29 is 24.2 Å². The molecule has 0 fully saturated rings. The van der Waals surface area contributed by atoms with Crippen LogP contribution < -0.4 is 0 Å². The maximum atomic E-state index is 12.4. The zero-order chi connectivity index (χ0) is 54.1. The second kappa shape index (κ2) is 67.2. The van der Waals surface area contributed by atoms with Gasteiger partial charge in [-0.25, -0.2) is 0 Å². The topological polar surface area (TPSA) is 72.8 Å². The molecule has 0 aromatic heterocycles. The lowest BCUT2D eigenvalue weighted by atomic mass is 10.0. The molecule has 1 atom stereocenters. The SMILES string of the molecule is CCCCCCCCCCCCCCCCCCCCCCCCCCCCCCCCCCCCCCCCCC(=O)OC(CO)COC(=O)CCCCCCCCCCCCCCCCCCCCCCCC. The van der Waals surface area contributed by atoms with Crippen LogP contribution >= 0.6 is 0 Å². The van der Waals surface area contributed by atoms with Gasteiger partial charge in [0.2, 0.25) is 0 Å². The maximum Gasteiger partial charge on any atom is 0.306 e. The van der Waals surface area contributed by atoms with E-state index in [2.05, 4.69) is 13.8 Å². The average molecular weight is 1060 g/mol. The summed E-state index contributed by atoms with van der Waals surface area (Å²) < 4.78 is 10.8. The smallest absolute Gasteiger partial charge is 0.306 e. The summed E-state index contributed by atoms with van der Waals surface area (Å²) in [6.07, 6.45) is 84.4. The molecule has 0 saturated carbocycles. The quantitative estimate of drug-likeness (QED) is 0.0485. The first-order valence-electron chi connectivity index (χ1n) is 35.1. The molecule has 75 heavy (non-hydrogen) atoms. The number of ether oxygens (including phenoxy) is 2. The molecule has 5 heteroatoms. The van der Waals surface area contributed by atoms with E-state index >= 15 is 0 Å². The standard InChI is InChI=1S/C70H138O5/c1-3-5-7-9-11-13-15-17-19-21-23-25-27-28-29-30-31-32-33-34-35-36-37-38-39-40-41-42-43-45-47-49-51-53-55-57-59-61-63-65-70(73)75-68(66-71)67-74-69(72)64-62-60-58-56-54-52-50-48-46-44-26-24-22-20-18-16-14-12-10-8-6-4-2/h68,71H,3-67H2,1-2H3. The Labute approximate surface area is 471 Å². The molecule has 1 unspecified atom stereocenters. The van der Waals surface area contributed by atoms with Crippen molar-refractivity contribution >= 4 is 11.9 Å². The van der Waals surface area contributed by atoms with Crippen molar-refractivity contribution in [2.24, 2.45) is 0 Å². The van der Waals surface area contributed by atoms with Crippen molar-refractivity contribution in [1.29, 1.82) is 0 Å². The summed E-state index contributed by atoms with van der Waals surface area (Å²) in [5.74, 6) is -0.559. The van der Waals surface area contributed by atoms with Gasteiger partial charge in [-0.15, -0.1) is 0 Å².